The van der Waals surface area contributed by atoms with Gasteiger partial charge < -0.3 is 14.8 Å². The summed E-state index contributed by atoms with van der Waals surface area (Å²) in [5, 5.41) is 6.52. The lowest BCUT2D eigenvalue weighted by Gasteiger charge is -2.09. The summed E-state index contributed by atoms with van der Waals surface area (Å²) in [6.45, 7) is 2.73. The third-order valence-corrected chi connectivity index (χ3v) is 3.31. The van der Waals surface area contributed by atoms with Gasteiger partial charge in [-0.2, -0.15) is 0 Å². The molecule has 6 heteroatoms. The Balaban J connectivity index is 1.92. The molecule has 0 bridgehead atoms. The van der Waals surface area contributed by atoms with E-state index in [2.05, 4.69) is 22.8 Å². The molecule has 0 aliphatic carbocycles. The normalized spacial score (nSPS) is 10.4. The van der Waals surface area contributed by atoms with Crippen molar-refractivity contribution in [3.05, 3.63) is 54.1 Å². The lowest BCUT2D eigenvalue weighted by molar-refractivity contribution is -0.499. The molecule has 24 heavy (non-hydrogen) atoms. The van der Waals surface area contributed by atoms with Crippen LogP contribution in [-0.4, -0.2) is 25.0 Å². The van der Waals surface area contributed by atoms with E-state index in [0.29, 0.717) is 17.5 Å². The zero-order valence-electron chi connectivity index (χ0n) is 13.8. The number of para-hydroxylation sites is 1. The first-order valence-corrected chi connectivity index (χ1v) is 8.15. The monoisotopic (exact) mass is 344 g/mol. The molecular weight excluding hydrogens is 322 g/mol. The highest BCUT2D eigenvalue weighted by molar-refractivity contribution is 7.80. The predicted octanol–water partition coefficient (Wildman–Crippen LogP) is 1.89. The lowest BCUT2D eigenvalue weighted by atomic mass is 10.2. The van der Waals surface area contributed by atoms with Gasteiger partial charge in [0.15, 0.2) is 17.7 Å². The van der Waals surface area contributed by atoms with Crippen LogP contribution in [0.3, 0.4) is 0 Å². The van der Waals surface area contributed by atoms with Crippen molar-refractivity contribution in [3.8, 4) is 11.5 Å². The van der Waals surface area contributed by atoms with Crippen LogP contribution in [0.4, 0.5) is 5.69 Å². The Morgan fingerprint density at radius 2 is 1.96 bits per heavy atom. The fraction of sp³-hybridized carbons (Fsp3) is 0.222. The SMILES string of the molecule is CCCOc1ccc(C=[NH+]NC(=S)Nc2ccccc2)cc1OC. The molecule has 0 amide bonds. The van der Waals surface area contributed by atoms with Crippen molar-refractivity contribution >= 4 is 29.2 Å². The van der Waals surface area contributed by atoms with Gasteiger partial charge in [0.25, 0.3) is 0 Å². The van der Waals surface area contributed by atoms with Crippen molar-refractivity contribution in [3.63, 3.8) is 0 Å². The van der Waals surface area contributed by atoms with E-state index < -0.39 is 0 Å². The summed E-state index contributed by atoms with van der Waals surface area (Å²) in [7, 11) is 1.63. The molecule has 5 nitrogen and oxygen atoms in total. The van der Waals surface area contributed by atoms with Gasteiger partial charge in [-0.05, 0) is 49.0 Å². The number of methoxy groups -OCH3 is 1. The van der Waals surface area contributed by atoms with Crippen molar-refractivity contribution in [1.82, 2.24) is 5.43 Å². The van der Waals surface area contributed by atoms with Crippen LogP contribution in [0.5, 0.6) is 11.5 Å². The second kappa shape index (κ2) is 9.52. The number of thiocarbonyl (C=S) groups is 1. The van der Waals surface area contributed by atoms with Crippen LogP contribution in [-0.2, 0) is 0 Å². The van der Waals surface area contributed by atoms with E-state index in [1.165, 1.54) is 0 Å². The van der Waals surface area contributed by atoms with Crippen LogP contribution in [0.25, 0.3) is 0 Å². The molecule has 0 fully saturated rings. The molecule has 0 saturated carbocycles. The Labute approximate surface area is 147 Å². The molecule has 126 valence electrons. The molecule has 0 atom stereocenters. The third-order valence-electron chi connectivity index (χ3n) is 3.11. The Kier molecular flexibility index (Phi) is 7.04. The van der Waals surface area contributed by atoms with E-state index >= 15 is 0 Å². The van der Waals surface area contributed by atoms with Crippen molar-refractivity contribution in [2.75, 3.05) is 19.0 Å². The summed E-state index contributed by atoms with van der Waals surface area (Å²) < 4.78 is 11.0. The maximum atomic E-state index is 5.64. The van der Waals surface area contributed by atoms with E-state index in [1.807, 2.05) is 48.5 Å². The van der Waals surface area contributed by atoms with Crippen LogP contribution in [0, 0.1) is 0 Å². The highest BCUT2D eigenvalue weighted by Crippen LogP contribution is 2.27. The lowest BCUT2D eigenvalue weighted by Crippen LogP contribution is -2.82. The van der Waals surface area contributed by atoms with Gasteiger partial charge in [-0.3, -0.25) is 0 Å². The number of rotatable bonds is 7. The first-order valence-electron chi connectivity index (χ1n) is 7.74. The number of hydrazone groups is 1. The van der Waals surface area contributed by atoms with E-state index in [0.717, 1.165) is 23.4 Å². The first-order chi connectivity index (χ1) is 11.7. The fourth-order valence-corrected chi connectivity index (χ4v) is 2.15. The van der Waals surface area contributed by atoms with Crippen LogP contribution < -0.4 is 25.3 Å². The number of nitrogens with one attached hydrogen (secondary N) is 3. The standard InChI is InChI=1S/C18H21N3O2S/c1-3-11-23-16-10-9-14(12-17(16)22-2)13-19-21-18(24)20-15-7-5-4-6-8-15/h4-10,12-13H,3,11H2,1-2H3,(H2,20,21,24)/p+1. The number of hydrogen-bond donors (Lipinski definition) is 3. The van der Waals surface area contributed by atoms with Gasteiger partial charge in [0, 0.05) is 11.3 Å². The zero-order chi connectivity index (χ0) is 17.2. The van der Waals surface area contributed by atoms with E-state index in [4.69, 9.17) is 21.7 Å². The average Bonchev–Trinajstić information content (AvgIpc) is 2.61. The molecule has 3 N–H and O–H groups in total. The predicted molar refractivity (Wildman–Crippen MR) is 101 cm³/mol. The summed E-state index contributed by atoms with van der Waals surface area (Å²) in [6.07, 6.45) is 2.75. The smallest absolute Gasteiger partial charge is 0.228 e. The number of hydrogen-bond acceptors (Lipinski definition) is 3. The fourth-order valence-electron chi connectivity index (χ4n) is 1.97. The van der Waals surface area contributed by atoms with Crippen molar-refractivity contribution in [2.45, 2.75) is 13.3 Å². The van der Waals surface area contributed by atoms with E-state index in [-0.39, 0.29) is 0 Å². The minimum absolute atomic E-state index is 0.479. The molecule has 2 aromatic carbocycles. The molecule has 0 spiro atoms. The summed E-state index contributed by atoms with van der Waals surface area (Å²) >= 11 is 5.22. The van der Waals surface area contributed by atoms with Crippen LogP contribution in [0.2, 0.25) is 0 Å². The molecular formula is C18H22N3O2S+. The Bertz CT molecular complexity index is 690. The van der Waals surface area contributed by atoms with E-state index in [9.17, 15) is 0 Å². The van der Waals surface area contributed by atoms with Gasteiger partial charge >= 0.3 is 0 Å². The second-order valence-corrected chi connectivity index (χ2v) is 5.40. The third kappa shape index (κ3) is 5.55. The summed E-state index contributed by atoms with van der Waals surface area (Å²) in [6, 6.07) is 15.5. The Hall–Kier alpha value is -2.60. The molecule has 2 aromatic rings. The summed E-state index contributed by atoms with van der Waals surface area (Å²) in [4.78, 5) is 0. The summed E-state index contributed by atoms with van der Waals surface area (Å²) in [5.74, 6) is 1.44. The number of anilines is 1. The number of hydrazine groups is 1. The van der Waals surface area contributed by atoms with E-state index in [1.54, 1.807) is 13.3 Å². The van der Waals surface area contributed by atoms with Crippen LogP contribution in [0.15, 0.2) is 48.5 Å². The van der Waals surface area contributed by atoms with Gasteiger partial charge in [-0.1, -0.05) is 25.1 Å². The summed E-state index contributed by atoms with van der Waals surface area (Å²) in [5.41, 5.74) is 4.77. The molecule has 0 saturated heterocycles. The van der Waals surface area contributed by atoms with Gasteiger partial charge in [-0.25, -0.2) is 0 Å². The Morgan fingerprint density at radius 1 is 1.17 bits per heavy atom. The Morgan fingerprint density at radius 3 is 2.67 bits per heavy atom. The number of ether oxygens (including phenoxy) is 2. The van der Waals surface area contributed by atoms with Gasteiger partial charge in [-0.15, -0.1) is 10.5 Å². The highest BCUT2D eigenvalue weighted by atomic mass is 32.1. The minimum atomic E-state index is 0.479. The maximum absolute atomic E-state index is 5.64. The zero-order valence-corrected chi connectivity index (χ0v) is 14.7. The maximum Gasteiger partial charge on any atom is 0.228 e. The quantitative estimate of drug-likeness (QED) is 0.407. The number of benzene rings is 2. The van der Waals surface area contributed by atoms with Crippen LogP contribution >= 0.6 is 12.2 Å². The van der Waals surface area contributed by atoms with Gasteiger partial charge in [0.05, 0.1) is 13.7 Å². The van der Waals surface area contributed by atoms with Crippen molar-refractivity contribution in [1.29, 1.82) is 0 Å². The molecule has 0 aromatic heterocycles. The van der Waals surface area contributed by atoms with Crippen molar-refractivity contribution in [2.24, 2.45) is 0 Å². The minimum Gasteiger partial charge on any atom is -0.493 e. The van der Waals surface area contributed by atoms with Crippen molar-refractivity contribution < 1.29 is 14.6 Å². The molecule has 0 aliphatic rings. The molecule has 0 heterocycles. The first kappa shape index (κ1) is 17.7. The molecule has 0 radical (unpaired) electrons. The highest BCUT2D eigenvalue weighted by Gasteiger charge is 2.06. The second-order valence-electron chi connectivity index (χ2n) is 4.99. The van der Waals surface area contributed by atoms with Gasteiger partial charge in [0.2, 0.25) is 5.11 Å². The molecule has 0 aliphatic heterocycles. The molecule has 0 unspecified atom stereocenters. The topological polar surface area (TPSA) is 56.5 Å². The van der Waals surface area contributed by atoms with Crippen LogP contribution in [0.1, 0.15) is 18.9 Å². The average molecular weight is 344 g/mol. The largest absolute Gasteiger partial charge is 0.493 e. The van der Waals surface area contributed by atoms with Gasteiger partial charge in [0.1, 0.15) is 0 Å². The molecule has 2 rings (SSSR count).